The van der Waals surface area contributed by atoms with E-state index in [0.717, 1.165) is 17.3 Å². The maximum absolute atomic E-state index is 10.7. The molecule has 0 atom stereocenters. The number of carboxylic acids is 1. The summed E-state index contributed by atoms with van der Waals surface area (Å²) in [6, 6.07) is 1.82. The quantitative estimate of drug-likeness (QED) is 0.856. The van der Waals surface area contributed by atoms with Gasteiger partial charge in [0.1, 0.15) is 0 Å². The van der Waals surface area contributed by atoms with Crippen molar-refractivity contribution < 1.29 is 9.90 Å². The summed E-state index contributed by atoms with van der Waals surface area (Å²) in [5.41, 5.74) is 1.73. The van der Waals surface area contributed by atoms with Crippen molar-refractivity contribution in [1.29, 1.82) is 0 Å². The average Bonchev–Trinajstić information content (AvgIpc) is 2.17. The summed E-state index contributed by atoms with van der Waals surface area (Å²) < 4.78 is 0. The predicted octanol–water partition coefficient (Wildman–Crippen LogP) is 2.89. The molecular weight excluding hydrogens is 258 g/mol. The van der Waals surface area contributed by atoms with Gasteiger partial charge in [0.25, 0.3) is 0 Å². The van der Waals surface area contributed by atoms with Gasteiger partial charge < -0.3 is 5.11 Å². The van der Waals surface area contributed by atoms with Crippen LogP contribution in [0.15, 0.2) is 18.3 Å². The van der Waals surface area contributed by atoms with E-state index in [1.54, 1.807) is 13.1 Å². The molecule has 80 valence electrons. The van der Waals surface area contributed by atoms with Crippen molar-refractivity contribution in [2.75, 3.05) is 5.33 Å². The summed E-state index contributed by atoms with van der Waals surface area (Å²) >= 11 is 3.32. The van der Waals surface area contributed by atoms with Crippen LogP contribution in [-0.4, -0.2) is 21.4 Å². The van der Waals surface area contributed by atoms with Crippen molar-refractivity contribution in [2.24, 2.45) is 0 Å². The molecule has 0 saturated heterocycles. The van der Waals surface area contributed by atoms with Gasteiger partial charge >= 0.3 is 5.97 Å². The van der Waals surface area contributed by atoms with E-state index < -0.39 is 5.97 Å². The molecule has 0 saturated carbocycles. The number of aromatic carboxylic acids is 1. The van der Waals surface area contributed by atoms with Gasteiger partial charge in [-0.1, -0.05) is 28.1 Å². The number of nitrogens with zero attached hydrogens (tertiary/aromatic N) is 1. The van der Waals surface area contributed by atoms with E-state index in [0.29, 0.717) is 5.56 Å². The first kappa shape index (κ1) is 11.9. The van der Waals surface area contributed by atoms with Crippen LogP contribution in [0, 0.1) is 6.92 Å². The molecule has 15 heavy (non-hydrogen) atoms. The number of aromatic nitrogens is 1. The normalized spacial score (nSPS) is 10.8. The zero-order valence-electron chi connectivity index (χ0n) is 8.40. The van der Waals surface area contributed by atoms with Crippen LogP contribution in [0.5, 0.6) is 0 Å². The van der Waals surface area contributed by atoms with Gasteiger partial charge in [0.15, 0.2) is 5.69 Å². The fourth-order valence-corrected chi connectivity index (χ4v) is 1.46. The maximum Gasteiger partial charge on any atom is 0.354 e. The van der Waals surface area contributed by atoms with Crippen molar-refractivity contribution in [3.63, 3.8) is 0 Å². The van der Waals surface area contributed by atoms with Gasteiger partial charge in [-0.05, 0) is 30.5 Å². The molecule has 4 heteroatoms. The first-order valence-corrected chi connectivity index (χ1v) is 5.69. The maximum atomic E-state index is 10.7. The number of allylic oxidation sites excluding steroid dienone is 1. The SMILES string of the molecule is Cc1cc(C=CCCBr)cnc1C(=O)O. The van der Waals surface area contributed by atoms with E-state index in [-0.39, 0.29) is 5.69 Å². The van der Waals surface area contributed by atoms with E-state index >= 15 is 0 Å². The molecule has 1 heterocycles. The van der Waals surface area contributed by atoms with Crippen molar-refractivity contribution in [3.05, 3.63) is 35.2 Å². The average molecular weight is 270 g/mol. The standard InChI is InChI=1S/C11H12BrNO2/c1-8-6-9(4-2-3-5-12)7-13-10(8)11(14)15/h2,4,6-7H,3,5H2,1H3,(H,14,15). The zero-order chi connectivity index (χ0) is 11.3. The number of alkyl halides is 1. The number of pyridine rings is 1. The van der Waals surface area contributed by atoms with E-state index in [1.807, 2.05) is 18.2 Å². The van der Waals surface area contributed by atoms with Crippen LogP contribution in [0.2, 0.25) is 0 Å². The minimum absolute atomic E-state index is 0.118. The molecular formula is C11H12BrNO2. The van der Waals surface area contributed by atoms with Crippen molar-refractivity contribution in [2.45, 2.75) is 13.3 Å². The number of hydrogen-bond donors (Lipinski definition) is 1. The Hall–Kier alpha value is -1.16. The minimum atomic E-state index is -0.983. The highest BCUT2D eigenvalue weighted by Crippen LogP contribution is 2.09. The summed E-state index contributed by atoms with van der Waals surface area (Å²) in [4.78, 5) is 14.6. The molecule has 0 aliphatic heterocycles. The fourth-order valence-electron chi connectivity index (χ4n) is 1.19. The Labute approximate surface area is 97.0 Å². The number of carboxylic acid groups (broad SMARTS) is 1. The van der Waals surface area contributed by atoms with Crippen LogP contribution in [0.1, 0.15) is 28.0 Å². The molecule has 0 fully saturated rings. The Bertz CT molecular complexity index is 388. The number of rotatable bonds is 4. The summed E-state index contributed by atoms with van der Waals surface area (Å²) in [5, 5.41) is 9.70. The molecule has 0 bridgehead atoms. The highest BCUT2D eigenvalue weighted by Gasteiger charge is 2.07. The molecule has 0 aromatic carbocycles. The Morgan fingerprint density at radius 2 is 2.40 bits per heavy atom. The second kappa shape index (κ2) is 5.66. The van der Waals surface area contributed by atoms with Crippen molar-refractivity contribution >= 4 is 28.0 Å². The molecule has 0 amide bonds. The molecule has 1 rings (SSSR count). The lowest BCUT2D eigenvalue weighted by molar-refractivity contribution is 0.0689. The molecule has 0 aliphatic rings. The first-order valence-electron chi connectivity index (χ1n) is 4.57. The second-order valence-corrected chi connectivity index (χ2v) is 3.91. The second-order valence-electron chi connectivity index (χ2n) is 3.12. The van der Waals surface area contributed by atoms with Gasteiger partial charge in [-0.2, -0.15) is 0 Å². The first-order chi connectivity index (χ1) is 7.15. The molecule has 1 aromatic heterocycles. The van der Waals surface area contributed by atoms with Crippen molar-refractivity contribution in [3.8, 4) is 0 Å². The van der Waals surface area contributed by atoms with E-state index in [4.69, 9.17) is 5.11 Å². The monoisotopic (exact) mass is 269 g/mol. The fraction of sp³-hybridized carbons (Fsp3) is 0.273. The third-order valence-electron chi connectivity index (χ3n) is 1.89. The van der Waals surface area contributed by atoms with E-state index in [1.165, 1.54) is 0 Å². The number of aryl methyl sites for hydroxylation is 1. The number of halogens is 1. The van der Waals surface area contributed by atoms with Crippen LogP contribution in [0.4, 0.5) is 0 Å². The number of hydrogen-bond acceptors (Lipinski definition) is 2. The Balaban J connectivity index is 2.87. The molecule has 0 spiro atoms. The molecule has 3 nitrogen and oxygen atoms in total. The highest BCUT2D eigenvalue weighted by molar-refractivity contribution is 9.09. The predicted molar refractivity (Wildman–Crippen MR) is 63.4 cm³/mol. The van der Waals surface area contributed by atoms with Gasteiger partial charge in [0.05, 0.1) is 0 Å². The van der Waals surface area contributed by atoms with Gasteiger partial charge in [0.2, 0.25) is 0 Å². The molecule has 1 N–H and O–H groups in total. The smallest absolute Gasteiger partial charge is 0.354 e. The molecule has 0 aliphatic carbocycles. The van der Waals surface area contributed by atoms with Gasteiger partial charge in [-0.15, -0.1) is 0 Å². The molecule has 1 aromatic rings. The Morgan fingerprint density at radius 1 is 1.67 bits per heavy atom. The Kier molecular flexibility index (Phi) is 4.49. The third kappa shape index (κ3) is 3.47. The lowest BCUT2D eigenvalue weighted by atomic mass is 10.1. The molecule has 0 radical (unpaired) electrons. The molecule has 0 unspecified atom stereocenters. The lowest BCUT2D eigenvalue weighted by Crippen LogP contribution is -2.03. The summed E-state index contributed by atoms with van der Waals surface area (Å²) in [7, 11) is 0. The lowest BCUT2D eigenvalue weighted by Gasteiger charge is -2.00. The third-order valence-corrected chi connectivity index (χ3v) is 2.35. The topological polar surface area (TPSA) is 50.2 Å². The van der Waals surface area contributed by atoms with Crippen molar-refractivity contribution in [1.82, 2.24) is 4.98 Å². The van der Waals surface area contributed by atoms with E-state index in [2.05, 4.69) is 20.9 Å². The minimum Gasteiger partial charge on any atom is -0.477 e. The number of carbonyl (C=O) groups is 1. The van der Waals surface area contributed by atoms with Crippen LogP contribution in [0.3, 0.4) is 0 Å². The van der Waals surface area contributed by atoms with Gasteiger partial charge in [-0.3, -0.25) is 0 Å². The summed E-state index contributed by atoms with van der Waals surface area (Å²) in [6.45, 7) is 1.75. The van der Waals surface area contributed by atoms with Crippen LogP contribution >= 0.6 is 15.9 Å². The summed E-state index contributed by atoms with van der Waals surface area (Å²) in [5.74, 6) is -0.983. The van der Waals surface area contributed by atoms with Crippen LogP contribution in [-0.2, 0) is 0 Å². The van der Waals surface area contributed by atoms with Crippen LogP contribution in [0.25, 0.3) is 6.08 Å². The van der Waals surface area contributed by atoms with E-state index in [9.17, 15) is 4.79 Å². The summed E-state index contributed by atoms with van der Waals surface area (Å²) in [6.07, 6.45) is 6.47. The largest absolute Gasteiger partial charge is 0.477 e. The highest BCUT2D eigenvalue weighted by atomic mass is 79.9. The Morgan fingerprint density at radius 3 is 2.93 bits per heavy atom. The van der Waals surface area contributed by atoms with Gasteiger partial charge in [0, 0.05) is 11.5 Å². The zero-order valence-corrected chi connectivity index (χ0v) is 9.99. The van der Waals surface area contributed by atoms with Crippen LogP contribution < -0.4 is 0 Å². The van der Waals surface area contributed by atoms with Gasteiger partial charge in [-0.25, -0.2) is 9.78 Å².